The van der Waals surface area contributed by atoms with E-state index in [1.165, 1.54) is 36.4 Å². The molecule has 0 amide bonds. The number of benzene rings is 4. The topological polar surface area (TPSA) is 302 Å². The van der Waals surface area contributed by atoms with Crippen LogP contribution in [0.2, 0.25) is 0 Å². The molecule has 0 aliphatic carbocycles. The van der Waals surface area contributed by atoms with Crippen molar-refractivity contribution in [1.82, 2.24) is 0 Å². The minimum Gasteiger partial charge on any atom is -0.505 e. The molecule has 0 radical (unpaired) electrons. The van der Waals surface area contributed by atoms with Gasteiger partial charge in [-0.1, -0.05) is 18.2 Å². The molecular weight excluding hydrogens is 707 g/mol. The molecule has 0 spiro atoms. The number of nitrogen functional groups attached to an aromatic ring is 1. The Balaban J connectivity index is 1.79. The minimum atomic E-state index is -5.01. The molecule has 22 heteroatoms. The van der Waals surface area contributed by atoms with Gasteiger partial charge in [0.2, 0.25) is 0 Å². The lowest BCUT2D eigenvalue weighted by Gasteiger charge is -2.12. The number of phenols is 1. The number of anilines is 1. The molecule has 18 nitrogen and oxygen atoms in total. The van der Waals surface area contributed by atoms with Crippen LogP contribution in [0.15, 0.2) is 95.8 Å². The smallest absolute Gasteiger partial charge is 0.397 e. The highest BCUT2D eigenvalue weighted by molar-refractivity contribution is 7.91. The molecule has 0 saturated heterocycles. The minimum absolute atomic E-state index is 0.0140. The number of nitrogens with two attached hydrogens (primary N) is 1. The van der Waals surface area contributed by atoms with Gasteiger partial charge in [0, 0.05) is 0 Å². The summed E-state index contributed by atoms with van der Waals surface area (Å²) in [6.07, 6.45) is 0. The van der Waals surface area contributed by atoms with Crippen LogP contribution >= 0.6 is 0 Å². The van der Waals surface area contributed by atoms with Gasteiger partial charge < -0.3 is 10.8 Å². The number of hydrogen-bond acceptors (Lipinski definition) is 15. The van der Waals surface area contributed by atoms with Gasteiger partial charge in [-0.15, -0.1) is 15.3 Å². The molecule has 0 heterocycles. The van der Waals surface area contributed by atoms with Crippen molar-refractivity contribution in [3.05, 3.63) is 66.2 Å². The van der Waals surface area contributed by atoms with Gasteiger partial charge >= 0.3 is 10.4 Å². The van der Waals surface area contributed by atoms with Crippen LogP contribution in [0.3, 0.4) is 0 Å². The number of fused-ring (bicyclic) bond motifs is 1. The number of azo groups is 2. The van der Waals surface area contributed by atoms with E-state index in [9.17, 15) is 47.9 Å². The van der Waals surface area contributed by atoms with E-state index in [0.717, 1.165) is 24.3 Å². The monoisotopic (exact) mass is 729 g/mol. The van der Waals surface area contributed by atoms with Crippen LogP contribution in [0.25, 0.3) is 10.8 Å². The number of hydrogen-bond donors (Lipinski definition) is 5. The van der Waals surface area contributed by atoms with Crippen LogP contribution in [0.1, 0.15) is 5.56 Å². The Morgan fingerprint density at radius 2 is 1.40 bits per heavy atom. The summed E-state index contributed by atoms with van der Waals surface area (Å²) < 4.78 is 127. The van der Waals surface area contributed by atoms with E-state index in [1.807, 2.05) is 0 Å². The molecular formula is C25H23N5O13S4. The molecule has 250 valence electrons. The molecule has 0 atom stereocenters. The van der Waals surface area contributed by atoms with E-state index in [4.69, 9.17) is 10.3 Å². The molecule has 0 aliphatic heterocycles. The second-order valence-corrected chi connectivity index (χ2v) is 15.5. The van der Waals surface area contributed by atoms with E-state index in [1.54, 1.807) is 6.92 Å². The predicted molar refractivity (Wildman–Crippen MR) is 165 cm³/mol. The fourth-order valence-corrected chi connectivity index (χ4v) is 6.88. The average Bonchev–Trinajstić information content (AvgIpc) is 2.94. The third-order valence-corrected chi connectivity index (χ3v) is 10.1. The predicted octanol–water partition coefficient (Wildman–Crippen LogP) is 4.35. The standard InChI is InChI=1S/C25H23N5O13S4/c1-14-5-8-20(45(34,35)36)19(11-14)29-28-18-7-6-15-12-21(46(37,38)39)24(23(26)22(15)25(18)31)30-27-16-3-2-4-17(13-16)44(32,33)10-9-43-47(40,41)42/h2-8,11-13,31H,9-10,26H2,1H3,(H,34,35,36)(H,37,38,39)(H,40,41,42). The Labute approximate surface area is 267 Å². The summed E-state index contributed by atoms with van der Waals surface area (Å²) in [6, 6.07) is 11.8. The third kappa shape index (κ3) is 8.49. The van der Waals surface area contributed by atoms with Gasteiger partial charge in [-0.2, -0.15) is 30.4 Å². The highest BCUT2D eigenvalue weighted by Gasteiger charge is 2.24. The van der Waals surface area contributed by atoms with Crippen molar-refractivity contribution < 1.29 is 56.6 Å². The first-order valence-corrected chi connectivity index (χ1v) is 18.5. The van der Waals surface area contributed by atoms with Gasteiger partial charge in [0.05, 0.1) is 34.0 Å². The SMILES string of the molecule is Cc1ccc(S(=O)(=O)O)c(N=Nc2ccc3cc(S(=O)(=O)O)c(N=Nc4cccc(S(=O)(=O)CCOS(=O)(=O)O)c4)c(N)c3c2O)c1. The summed E-state index contributed by atoms with van der Waals surface area (Å²) in [6.45, 7) is 0.734. The molecule has 6 N–H and O–H groups in total. The lowest BCUT2D eigenvalue weighted by Crippen LogP contribution is -2.15. The van der Waals surface area contributed by atoms with Gasteiger partial charge in [-0.25, -0.2) is 12.6 Å². The number of sulfone groups is 1. The molecule has 4 aromatic rings. The summed E-state index contributed by atoms with van der Waals surface area (Å²) in [5.74, 6) is -1.51. The van der Waals surface area contributed by atoms with Crippen LogP contribution in [-0.2, 0) is 44.7 Å². The lowest BCUT2D eigenvalue weighted by molar-refractivity contribution is 0.284. The normalized spacial score (nSPS) is 13.2. The van der Waals surface area contributed by atoms with Crippen molar-refractivity contribution in [2.24, 2.45) is 20.5 Å². The Morgan fingerprint density at radius 3 is 2.04 bits per heavy atom. The van der Waals surface area contributed by atoms with Crippen molar-refractivity contribution in [1.29, 1.82) is 0 Å². The number of aryl methyl sites for hydroxylation is 1. The lowest BCUT2D eigenvalue weighted by atomic mass is 10.1. The van der Waals surface area contributed by atoms with E-state index in [0.29, 0.717) is 5.56 Å². The molecule has 0 fully saturated rings. The summed E-state index contributed by atoms with van der Waals surface area (Å²) >= 11 is 0. The maximum Gasteiger partial charge on any atom is 0.397 e. The van der Waals surface area contributed by atoms with Gasteiger partial charge in [-0.3, -0.25) is 13.7 Å². The van der Waals surface area contributed by atoms with Crippen LogP contribution < -0.4 is 5.73 Å². The summed E-state index contributed by atoms with van der Waals surface area (Å²) in [5, 5.41) is 26.1. The Kier molecular flexibility index (Phi) is 9.80. The summed E-state index contributed by atoms with van der Waals surface area (Å²) in [7, 11) is -18.8. The van der Waals surface area contributed by atoms with E-state index >= 15 is 0 Å². The van der Waals surface area contributed by atoms with E-state index in [-0.39, 0.29) is 32.7 Å². The second kappa shape index (κ2) is 13.0. The van der Waals surface area contributed by atoms with Crippen molar-refractivity contribution in [3.63, 3.8) is 0 Å². The van der Waals surface area contributed by atoms with Gasteiger partial charge in [-0.05, 0) is 60.3 Å². The molecule has 0 saturated carbocycles. The number of nitrogens with zero attached hydrogens (tertiary/aromatic N) is 4. The Hall–Kier alpha value is -4.42. The number of rotatable bonds is 11. The molecule has 0 bridgehead atoms. The third-order valence-electron chi connectivity index (χ3n) is 6.20. The summed E-state index contributed by atoms with van der Waals surface area (Å²) in [5.41, 5.74) is 4.89. The molecule has 47 heavy (non-hydrogen) atoms. The first-order valence-electron chi connectivity index (χ1n) is 12.6. The number of phenolic OH excluding ortho intramolecular Hbond substituents is 1. The maximum atomic E-state index is 12.6. The molecule has 0 unspecified atom stereocenters. The van der Waals surface area contributed by atoms with Crippen molar-refractivity contribution >= 4 is 79.7 Å². The molecule has 0 aliphatic rings. The fraction of sp³-hybridized carbons (Fsp3) is 0.120. The quantitative estimate of drug-likeness (QED) is 0.0814. The zero-order valence-corrected chi connectivity index (χ0v) is 26.9. The van der Waals surface area contributed by atoms with E-state index in [2.05, 4.69) is 24.6 Å². The van der Waals surface area contributed by atoms with Crippen LogP contribution in [-0.4, -0.2) is 64.8 Å². The Morgan fingerprint density at radius 1 is 0.745 bits per heavy atom. The fourth-order valence-electron chi connectivity index (χ4n) is 4.09. The first kappa shape index (κ1) is 35.4. The van der Waals surface area contributed by atoms with Gasteiger partial charge in [0.25, 0.3) is 20.2 Å². The summed E-state index contributed by atoms with van der Waals surface area (Å²) in [4.78, 5) is -1.76. The average molecular weight is 730 g/mol. The van der Waals surface area contributed by atoms with Crippen LogP contribution in [0, 0.1) is 6.92 Å². The number of aromatic hydroxyl groups is 1. The zero-order chi connectivity index (χ0) is 34.9. The molecule has 4 aromatic carbocycles. The van der Waals surface area contributed by atoms with Crippen molar-refractivity contribution in [3.8, 4) is 5.75 Å². The highest BCUT2D eigenvalue weighted by atomic mass is 32.3. The van der Waals surface area contributed by atoms with Crippen LogP contribution in [0.4, 0.5) is 28.4 Å². The van der Waals surface area contributed by atoms with Crippen molar-refractivity contribution in [2.75, 3.05) is 18.1 Å². The molecule has 0 aromatic heterocycles. The van der Waals surface area contributed by atoms with E-state index < -0.39 is 79.7 Å². The molecule has 4 rings (SSSR count). The first-order chi connectivity index (χ1) is 21.7. The highest BCUT2D eigenvalue weighted by Crippen LogP contribution is 2.45. The largest absolute Gasteiger partial charge is 0.505 e. The van der Waals surface area contributed by atoms with Gasteiger partial charge in [0.15, 0.2) is 15.6 Å². The maximum absolute atomic E-state index is 12.6. The van der Waals surface area contributed by atoms with Crippen molar-refractivity contribution in [2.45, 2.75) is 21.6 Å². The Bertz CT molecular complexity index is 2410. The second-order valence-electron chi connectivity index (χ2n) is 9.56. The zero-order valence-electron chi connectivity index (χ0n) is 23.7. The van der Waals surface area contributed by atoms with Crippen LogP contribution in [0.5, 0.6) is 5.75 Å². The van der Waals surface area contributed by atoms with Gasteiger partial charge in [0.1, 0.15) is 26.9 Å².